The van der Waals surface area contributed by atoms with E-state index in [1.165, 1.54) is 16.8 Å². The number of carbonyl (C=O) groups is 1. The molecule has 0 aliphatic carbocycles. The number of fused-ring (bicyclic) bond motifs is 1. The maximum atomic E-state index is 11.3. The van der Waals surface area contributed by atoms with Crippen molar-refractivity contribution in [3.8, 4) is 5.69 Å². The number of aromatic nitrogens is 2. The van der Waals surface area contributed by atoms with Gasteiger partial charge in [0.15, 0.2) is 5.69 Å². The van der Waals surface area contributed by atoms with Gasteiger partial charge in [-0.15, -0.1) is 0 Å². The fourth-order valence-corrected chi connectivity index (χ4v) is 2.47. The quantitative estimate of drug-likeness (QED) is 0.647. The van der Waals surface area contributed by atoms with E-state index in [1.807, 2.05) is 0 Å². The molecule has 0 amide bonds. The predicted molar refractivity (Wildman–Crippen MR) is 72.6 cm³/mol. The Morgan fingerprint density at radius 2 is 2.29 bits per heavy atom. The number of nitrogens with one attached hydrogen (secondary N) is 1. The maximum Gasteiger partial charge on any atom is 0.356 e. The van der Waals surface area contributed by atoms with Gasteiger partial charge in [-0.3, -0.25) is 10.1 Å². The van der Waals surface area contributed by atoms with E-state index >= 15 is 0 Å². The fraction of sp³-hybridized carbons (Fsp3) is 0.231. The van der Waals surface area contributed by atoms with E-state index < -0.39 is 10.9 Å². The number of carboxylic acid groups (broad SMARTS) is 1. The Bertz CT molecular complexity index is 738. The van der Waals surface area contributed by atoms with Crippen LogP contribution in [0.5, 0.6) is 0 Å². The first-order valence-corrected chi connectivity index (χ1v) is 6.37. The van der Waals surface area contributed by atoms with Crippen molar-refractivity contribution >= 4 is 11.7 Å². The first-order valence-electron chi connectivity index (χ1n) is 6.37. The number of non-ortho nitro benzene ring substituents is 1. The maximum absolute atomic E-state index is 11.3. The van der Waals surface area contributed by atoms with Gasteiger partial charge in [0.2, 0.25) is 0 Å². The van der Waals surface area contributed by atoms with Crippen LogP contribution >= 0.6 is 0 Å². The molecule has 3 rings (SSSR count). The summed E-state index contributed by atoms with van der Waals surface area (Å²) in [5, 5.41) is 27.3. The number of rotatable bonds is 3. The lowest BCUT2D eigenvalue weighted by Gasteiger charge is -2.15. The zero-order valence-corrected chi connectivity index (χ0v) is 10.9. The Labute approximate surface area is 119 Å². The SMILES string of the molecule is O=C(O)c1nn(-c2cccc([N+](=O)[O-])c2)c2c1CNCC2. The molecule has 0 saturated carbocycles. The van der Waals surface area contributed by atoms with Gasteiger partial charge in [-0.05, 0) is 6.07 Å². The van der Waals surface area contributed by atoms with E-state index in [0.29, 0.717) is 30.8 Å². The molecule has 1 aliphatic heterocycles. The fourth-order valence-electron chi connectivity index (χ4n) is 2.47. The molecule has 108 valence electrons. The molecule has 1 aliphatic rings. The number of hydrogen-bond acceptors (Lipinski definition) is 5. The zero-order valence-electron chi connectivity index (χ0n) is 10.9. The highest BCUT2D eigenvalue weighted by atomic mass is 16.6. The van der Waals surface area contributed by atoms with Crippen LogP contribution in [0, 0.1) is 10.1 Å². The molecule has 8 heteroatoms. The van der Waals surface area contributed by atoms with Gasteiger partial charge in [-0.1, -0.05) is 6.07 Å². The average Bonchev–Trinajstić information content (AvgIpc) is 2.87. The van der Waals surface area contributed by atoms with Gasteiger partial charge in [0.25, 0.3) is 5.69 Å². The second-order valence-corrected chi connectivity index (χ2v) is 4.69. The van der Waals surface area contributed by atoms with Crippen molar-refractivity contribution in [1.29, 1.82) is 0 Å². The third-order valence-corrected chi connectivity index (χ3v) is 3.42. The van der Waals surface area contributed by atoms with Crippen LogP contribution in [-0.4, -0.2) is 32.3 Å². The summed E-state index contributed by atoms with van der Waals surface area (Å²) < 4.78 is 1.49. The number of aromatic carboxylic acids is 1. The normalized spacial score (nSPS) is 13.7. The van der Waals surface area contributed by atoms with Crippen LogP contribution in [0.4, 0.5) is 5.69 Å². The smallest absolute Gasteiger partial charge is 0.356 e. The molecule has 0 unspecified atom stereocenters. The molecule has 2 N–H and O–H groups in total. The third kappa shape index (κ3) is 2.25. The van der Waals surface area contributed by atoms with E-state index in [4.69, 9.17) is 0 Å². The number of nitrogens with zero attached hydrogens (tertiary/aromatic N) is 3. The van der Waals surface area contributed by atoms with Crippen LogP contribution < -0.4 is 5.32 Å². The average molecular weight is 288 g/mol. The summed E-state index contributed by atoms with van der Waals surface area (Å²) in [6.07, 6.45) is 0.623. The Balaban J connectivity index is 2.16. The second kappa shape index (κ2) is 4.98. The zero-order chi connectivity index (χ0) is 15.0. The number of nitro benzene ring substituents is 1. The van der Waals surface area contributed by atoms with Gasteiger partial charge in [0.05, 0.1) is 16.3 Å². The largest absolute Gasteiger partial charge is 0.476 e. The van der Waals surface area contributed by atoms with E-state index in [1.54, 1.807) is 12.1 Å². The Kier molecular flexibility index (Phi) is 3.15. The van der Waals surface area contributed by atoms with Crippen molar-refractivity contribution < 1.29 is 14.8 Å². The van der Waals surface area contributed by atoms with Crippen LogP contribution in [0.15, 0.2) is 24.3 Å². The van der Waals surface area contributed by atoms with Crippen LogP contribution in [0.25, 0.3) is 5.69 Å². The Hall–Kier alpha value is -2.74. The Morgan fingerprint density at radius 3 is 3.00 bits per heavy atom. The number of hydrogen-bond donors (Lipinski definition) is 2. The number of benzene rings is 1. The molecule has 1 aromatic carbocycles. The van der Waals surface area contributed by atoms with Crippen molar-refractivity contribution in [2.24, 2.45) is 0 Å². The van der Waals surface area contributed by atoms with Crippen molar-refractivity contribution in [1.82, 2.24) is 15.1 Å². The third-order valence-electron chi connectivity index (χ3n) is 3.42. The first kappa shape index (κ1) is 13.3. The monoisotopic (exact) mass is 288 g/mol. The minimum Gasteiger partial charge on any atom is -0.476 e. The molecule has 1 aromatic heterocycles. The van der Waals surface area contributed by atoms with E-state index in [9.17, 15) is 20.0 Å². The molecular formula is C13H12N4O4. The van der Waals surface area contributed by atoms with Gasteiger partial charge in [-0.25, -0.2) is 9.48 Å². The number of carboxylic acids is 1. The van der Waals surface area contributed by atoms with Crippen molar-refractivity contribution in [2.45, 2.75) is 13.0 Å². The molecular weight excluding hydrogens is 276 g/mol. The highest BCUT2D eigenvalue weighted by Crippen LogP contribution is 2.24. The lowest BCUT2D eigenvalue weighted by molar-refractivity contribution is -0.384. The first-order chi connectivity index (χ1) is 10.1. The molecule has 0 spiro atoms. The molecule has 8 nitrogen and oxygen atoms in total. The highest BCUT2D eigenvalue weighted by molar-refractivity contribution is 5.87. The lowest BCUT2D eigenvalue weighted by Crippen LogP contribution is -2.25. The summed E-state index contributed by atoms with van der Waals surface area (Å²) >= 11 is 0. The van der Waals surface area contributed by atoms with Crippen LogP contribution in [0.3, 0.4) is 0 Å². The number of nitro groups is 1. The summed E-state index contributed by atoms with van der Waals surface area (Å²) in [4.78, 5) is 21.7. The van der Waals surface area contributed by atoms with Crippen LogP contribution in [0.2, 0.25) is 0 Å². The molecule has 2 heterocycles. The molecule has 0 radical (unpaired) electrons. The van der Waals surface area contributed by atoms with E-state index in [-0.39, 0.29) is 11.4 Å². The van der Waals surface area contributed by atoms with Crippen LogP contribution in [-0.2, 0) is 13.0 Å². The minimum atomic E-state index is -1.10. The molecule has 21 heavy (non-hydrogen) atoms. The standard InChI is InChI=1S/C13H12N4O4/c18-13(19)12-10-7-14-5-4-11(10)16(15-12)8-2-1-3-9(6-8)17(20)21/h1-3,6,14H,4-5,7H2,(H,18,19). The summed E-state index contributed by atoms with van der Waals surface area (Å²) in [5.41, 5.74) is 1.85. The van der Waals surface area contributed by atoms with Crippen LogP contribution in [0.1, 0.15) is 21.7 Å². The van der Waals surface area contributed by atoms with Gasteiger partial charge < -0.3 is 10.4 Å². The summed E-state index contributed by atoms with van der Waals surface area (Å²) in [5.74, 6) is -1.10. The summed E-state index contributed by atoms with van der Waals surface area (Å²) in [6, 6.07) is 6.01. The second-order valence-electron chi connectivity index (χ2n) is 4.69. The van der Waals surface area contributed by atoms with Gasteiger partial charge in [-0.2, -0.15) is 5.10 Å². The molecule has 0 bridgehead atoms. The van der Waals surface area contributed by atoms with Gasteiger partial charge >= 0.3 is 5.97 Å². The lowest BCUT2D eigenvalue weighted by atomic mass is 10.1. The highest BCUT2D eigenvalue weighted by Gasteiger charge is 2.25. The Morgan fingerprint density at radius 1 is 1.48 bits per heavy atom. The summed E-state index contributed by atoms with van der Waals surface area (Å²) in [6.45, 7) is 1.15. The van der Waals surface area contributed by atoms with E-state index in [2.05, 4.69) is 10.4 Å². The van der Waals surface area contributed by atoms with E-state index in [0.717, 1.165) is 5.69 Å². The molecule has 0 fully saturated rings. The molecule has 0 saturated heterocycles. The van der Waals surface area contributed by atoms with Crippen molar-refractivity contribution in [2.75, 3.05) is 6.54 Å². The van der Waals surface area contributed by atoms with Crippen molar-refractivity contribution in [3.05, 3.63) is 51.3 Å². The minimum absolute atomic E-state index is 0.0105. The predicted octanol–water partition coefficient (Wildman–Crippen LogP) is 1.12. The topological polar surface area (TPSA) is 110 Å². The molecule has 0 atom stereocenters. The molecule has 2 aromatic rings. The van der Waals surface area contributed by atoms with Crippen molar-refractivity contribution in [3.63, 3.8) is 0 Å². The van der Waals surface area contributed by atoms with Gasteiger partial charge in [0.1, 0.15) is 0 Å². The van der Waals surface area contributed by atoms with Gasteiger partial charge in [0, 0.05) is 37.2 Å². The summed E-state index contributed by atoms with van der Waals surface area (Å²) in [7, 11) is 0.